The first-order valence-electron chi connectivity index (χ1n) is 7.41. The Hall–Kier alpha value is -2.85. The Morgan fingerprint density at radius 2 is 2.00 bits per heavy atom. The summed E-state index contributed by atoms with van der Waals surface area (Å²) in [4.78, 5) is 0. The van der Waals surface area contributed by atoms with Crippen LogP contribution in [0.4, 0.5) is 0 Å². The number of benzene rings is 2. The van der Waals surface area contributed by atoms with Crippen LogP contribution in [0.5, 0.6) is 5.75 Å². The molecule has 0 fully saturated rings. The van der Waals surface area contributed by atoms with Crippen LogP contribution in [0.3, 0.4) is 0 Å². The van der Waals surface area contributed by atoms with E-state index in [1.54, 1.807) is 22.9 Å². The van der Waals surface area contributed by atoms with Gasteiger partial charge in [0, 0.05) is 5.75 Å². The number of thioether (sulfide) groups is 1. The van der Waals surface area contributed by atoms with Crippen molar-refractivity contribution in [2.24, 2.45) is 0 Å². The minimum atomic E-state index is 0.512. The smallest absolute Gasteiger partial charge is 0.209 e. The van der Waals surface area contributed by atoms with E-state index in [2.05, 4.69) is 21.6 Å². The highest BCUT2D eigenvalue weighted by molar-refractivity contribution is 7.99. The summed E-state index contributed by atoms with van der Waals surface area (Å²) in [5.41, 5.74) is 1.74. The lowest BCUT2D eigenvalue weighted by Gasteiger charge is -2.06. The number of aromatic nitrogens is 4. The molecule has 0 saturated carbocycles. The molecule has 3 rings (SSSR count). The van der Waals surface area contributed by atoms with Crippen molar-refractivity contribution < 1.29 is 4.74 Å². The molecule has 0 unspecified atom stereocenters. The van der Waals surface area contributed by atoms with Gasteiger partial charge in [0.15, 0.2) is 0 Å². The first kappa shape index (κ1) is 16.0. The molecule has 0 atom stereocenters. The number of tetrazole rings is 1. The maximum Gasteiger partial charge on any atom is 0.209 e. The fourth-order valence-corrected chi connectivity index (χ4v) is 2.80. The highest BCUT2D eigenvalue weighted by Crippen LogP contribution is 2.17. The summed E-state index contributed by atoms with van der Waals surface area (Å²) < 4.78 is 7.43. The summed E-state index contributed by atoms with van der Waals surface area (Å²) in [6.45, 7) is 1.15. The van der Waals surface area contributed by atoms with Crippen molar-refractivity contribution in [1.82, 2.24) is 20.2 Å². The van der Waals surface area contributed by atoms with E-state index >= 15 is 0 Å². The number of rotatable bonds is 7. The number of hydrogen-bond donors (Lipinski definition) is 0. The van der Waals surface area contributed by atoms with Crippen molar-refractivity contribution in [2.45, 2.75) is 11.7 Å². The van der Waals surface area contributed by atoms with Crippen LogP contribution in [-0.4, -0.2) is 32.6 Å². The molecule has 1 heterocycles. The van der Waals surface area contributed by atoms with Crippen molar-refractivity contribution in [1.29, 1.82) is 5.26 Å². The summed E-state index contributed by atoms with van der Waals surface area (Å²) in [5, 5.41) is 21.5. The molecule has 7 heteroatoms. The molecule has 0 N–H and O–H groups in total. The predicted molar refractivity (Wildman–Crippen MR) is 90.7 cm³/mol. The van der Waals surface area contributed by atoms with Gasteiger partial charge in [-0.1, -0.05) is 48.2 Å². The lowest BCUT2D eigenvalue weighted by atomic mass is 10.2. The van der Waals surface area contributed by atoms with Gasteiger partial charge in [-0.05, 0) is 34.2 Å². The van der Waals surface area contributed by atoms with Crippen molar-refractivity contribution >= 4 is 11.8 Å². The zero-order valence-electron chi connectivity index (χ0n) is 12.9. The number of hydrogen-bond acceptors (Lipinski definition) is 6. The third-order valence-electron chi connectivity index (χ3n) is 3.22. The minimum absolute atomic E-state index is 0.512. The normalized spacial score (nSPS) is 10.3. The van der Waals surface area contributed by atoms with Crippen LogP contribution in [0.25, 0.3) is 0 Å². The van der Waals surface area contributed by atoms with Gasteiger partial charge in [-0.25, -0.2) is 4.68 Å². The van der Waals surface area contributed by atoms with Gasteiger partial charge in [-0.3, -0.25) is 0 Å². The van der Waals surface area contributed by atoms with Gasteiger partial charge in [0.25, 0.3) is 0 Å². The average molecular weight is 337 g/mol. The molecular formula is C17H15N5OS. The molecule has 6 nitrogen and oxygen atoms in total. The Morgan fingerprint density at radius 1 is 1.12 bits per heavy atom. The van der Waals surface area contributed by atoms with Gasteiger partial charge in [0.05, 0.1) is 24.8 Å². The van der Waals surface area contributed by atoms with Crippen LogP contribution in [0.2, 0.25) is 0 Å². The highest BCUT2D eigenvalue weighted by Gasteiger charge is 2.07. The zero-order valence-corrected chi connectivity index (χ0v) is 13.7. The van der Waals surface area contributed by atoms with Crippen LogP contribution >= 0.6 is 11.8 Å². The third kappa shape index (κ3) is 4.33. The van der Waals surface area contributed by atoms with Crippen LogP contribution < -0.4 is 4.74 Å². The molecule has 120 valence electrons. The third-order valence-corrected chi connectivity index (χ3v) is 4.14. The second-order valence-electron chi connectivity index (χ2n) is 4.94. The summed E-state index contributed by atoms with van der Waals surface area (Å²) >= 11 is 1.54. The largest absolute Gasteiger partial charge is 0.493 e. The Labute approximate surface area is 144 Å². The standard InChI is InChI=1S/C17H15N5OS/c18-12-15-7-4-8-16(11-15)23-9-10-24-17-19-20-21-22(17)13-14-5-2-1-3-6-14/h1-8,11H,9-10,13H2. The quantitative estimate of drug-likeness (QED) is 0.487. The van der Waals surface area contributed by atoms with E-state index in [4.69, 9.17) is 10.00 Å². The molecule has 0 bridgehead atoms. The number of nitrogens with zero attached hydrogens (tertiary/aromatic N) is 5. The molecule has 0 aliphatic carbocycles. The maximum atomic E-state index is 8.88. The van der Waals surface area contributed by atoms with Crippen molar-refractivity contribution in [3.63, 3.8) is 0 Å². The lowest BCUT2D eigenvalue weighted by molar-refractivity contribution is 0.343. The van der Waals surface area contributed by atoms with Gasteiger partial charge in [0.1, 0.15) is 5.75 Å². The first-order chi connectivity index (χ1) is 11.8. The summed E-state index contributed by atoms with van der Waals surface area (Å²) in [7, 11) is 0. The van der Waals surface area contributed by atoms with E-state index in [-0.39, 0.29) is 0 Å². The molecule has 24 heavy (non-hydrogen) atoms. The lowest BCUT2D eigenvalue weighted by Crippen LogP contribution is -2.06. The van der Waals surface area contributed by atoms with Gasteiger partial charge in [0.2, 0.25) is 5.16 Å². The van der Waals surface area contributed by atoms with Gasteiger partial charge >= 0.3 is 0 Å². The fourth-order valence-electron chi connectivity index (χ4n) is 2.10. The van der Waals surface area contributed by atoms with E-state index in [9.17, 15) is 0 Å². The molecule has 1 aromatic heterocycles. The average Bonchev–Trinajstić information content (AvgIpc) is 3.07. The molecule has 0 saturated heterocycles. The Bertz CT molecular complexity index is 828. The van der Waals surface area contributed by atoms with Gasteiger partial charge in [-0.15, -0.1) is 5.10 Å². The van der Waals surface area contributed by atoms with Crippen LogP contribution in [0.1, 0.15) is 11.1 Å². The molecule has 0 aliphatic rings. The van der Waals surface area contributed by atoms with E-state index in [0.717, 1.165) is 10.7 Å². The molecule has 0 aliphatic heterocycles. The second kappa shape index (κ2) is 8.13. The molecule has 2 aromatic carbocycles. The minimum Gasteiger partial charge on any atom is -0.493 e. The monoisotopic (exact) mass is 337 g/mol. The van der Waals surface area contributed by atoms with E-state index < -0.39 is 0 Å². The second-order valence-corrected chi connectivity index (χ2v) is 6.00. The summed E-state index contributed by atoms with van der Waals surface area (Å²) in [6, 6.07) is 19.3. The first-order valence-corrected chi connectivity index (χ1v) is 8.39. The van der Waals surface area contributed by atoms with Crippen molar-refractivity contribution in [3.05, 3.63) is 65.7 Å². The van der Waals surface area contributed by atoms with Crippen LogP contribution in [0.15, 0.2) is 59.8 Å². The fraction of sp³-hybridized carbons (Fsp3) is 0.176. The summed E-state index contributed by atoms with van der Waals surface area (Å²) in [6.07, 6.45) is 0. The molecule has 0 amide bonds. The highest BCUT2D eigenvalue weighted by atomic mass is 32.2. The van der Waals surface area contributed by atoms with E-state index in [0.29, 0.717) is 30.2 Å². The summed E-state index contributed by atoms with van der Waals surface area (Å²) in [5.74, 6) is 1.41. The van der Waals surface area contributed by atoms with Gasteiger partial charge < -0.3 is 4.74 Å². The maximum absolute atomic E-state index is 8.88. The van der Waals surface area contributed by atoms with Crippen molar-refractivity contribution in [3.8, 4) is 11.8 Å². The number of nitriles is 1. The Morgan fingerprint density at radius 3 is 2.83 bits per heavy atom. The molecule has 0 spiro atoms. The van der Waals surface area contributed by atoms with Crippen LogP contribution in [-0.2, 0) is 6.54 Å². The topological polar surface area (TPSA) is 76.6 Å². The van der Waals surface area contributed by atoms with Gasteiger partial charge in [-0.2, -0.15) is 5.26 Å². The molecular weight excluding hydrogens is 322 g/mol. The molecule has 3 aromatic rings. The zero-order chi connectivity index (χ0) is 16.6. The number of ether oxygens (including phenoxy) is 1. The Kier molecular flexibility index (Phi) is 5.43. The Balaban J connectivity index is 1.51. The predicted octanol–water partition coefficient (Wildman–Crippen LogP) is 2.76. The van der Waals surface area contributed by atoms with Crippen LogP contribution in [0, 0.1) is 11.3 Å². The van der Waals surface area contributed by atoms with E-state index in [1.807, 2.05) is 36.4 Å². The molecule has 0 radical (unpaired) electrons. The van der Waals surface area contributed by atoms with Crippen molar-refractivity contribution in [2.75, 3.05) is 12.4 Å². The van der Waals surface area contributed by atoms with E-state index in [1.165, 1.54) is 11.8 Å². The SMILES string of the molecule is N#Cc1cccc(OCCSc2nnnn2Cc2ccccc2)c1.